The van der Waals surface area contributed by atoms with Crippen LogP contribution in [0.1, 0.15) is 27.8 Å². The van der Waals surface area contributed by atoms with E-state index in [1.165, 1.54) is 72.0 Å². The van der Waals surface area contributed by atoms with E-state index in [1.807, 2.05) is 0 Å². The van der Waals surface area contributed by atoms with Crippen molar-refractivity contribution in [3.05, 3.63) is 192 Å². The molecule has 0 saturated carbocycles. The van der Waals surface area contributed by atoms with Crippen LogP contribution in [0.4, 0.5) is 0 Å². The predicted octanol–water partition coefficient (Wildman–Crippen LogP) is 10.8. The highest BCUT2D eigenvalue weighted by atomic mass is 14.5. The van der Waals surface area contributed by atoms with Crippen molar-refractivity contribution in [2.24, 2.45) is 0 Å². The predicted molar refractivity (Wildman–Crippen MR) is 177 cm³/mol. The number of benzene rings is 7. The van der Waals surface area contributed by atoms with Gasteiger partial charge in [-0.3, -0.25) is 0 Å². The molecule has 0 bridgehead atoms. The van der Waals surface area contributed by atoms with E-state index in [-0.39, 0.29) is 0 Å². The summed E-state index contributed by atoms with van der Waals surface area (Å²) >= 11 is 0. The Balaban J connectivity index is 1.43. The smallest absolute Gasteiger partial charge is 0.0622 e. The van der Waals surface area contributed by atoms with Crippen LogP contribution in [0.5, 0.6) is 0 Å². The summed E-state index contributed by atoms with van der Waals surface area (Å²) in [7, 11) is 0. The van der Waals surface area contributed by atoms with Gasteiger partial charge in [-0.25, -0.2) is 0 Å². The van der Waals surface area contributed by atoms with Crippen molar-refractivity contribution in [2.45, 2.75) is 12.3 Å². The van der Waals surface area contributed by atoms with Crippen LogP contribution in [0.15, 0.2) is 164 Å². The summed E-state index contributed by atoms with van der Waals surface area (Å²) < 4.78 is 0. The summed E-state index contributed by atoms with van der Waals surface area (Å²) in [6.45, 7) is 2.21. The molecular weight excluding hydrogens is 504 g/mol. The number of rotatable bonds is 4. The Bertz CT molecular complexity index is 1970. The minimum absolute atomic E-state index is 0.439. The third kappa shape index (κ3) is 3.69. The molecule has 0 nitrogen and oxygen atoms in total. The van der Waals surface area contributed by atoms with Gasteiger partial charge < -0.3 is 0 Å². The molecule has 8 rings (SSSR count). The number of hydrogen-bond acceptors (Lipinski definition) is 0. The van der Waals surface area contributed by atoms with Crippen molar-refractivity contribution in [3.8, 4) is 33.4 Å². The summed E-state index contributed by atoms with van der Waals surface area (Å²) in [5, 5.41) is 2.58. The fourth-order valence-electron chi connectivity index (χ4n) is 7.08. The standard InChI is InChI=1S/C42H30/c1-29-16-26-38-40(28-29)42(39-27-21-34-14-8-9-15-37(34)41(38)39,35-22-17-32(18-23-35)30-10-4-2-5-11-30)36-24-19-33(20-25-36)31-12-6-3-7-13-31/h2-28H,1H3. The molecule has 0 heteroatoms. The van der Waals surface area contributed by atoms with E-state index in [0.717, 1.165) is 0 Å². The van der Waals surface area contributed by atoms with Crippen LogP contribution >= 0.6 is 0 Å². The van der Waals surface area contributed by atoms with E-state index in [0.29, 0.717) is 0 Å². The monoisotopic (exact) mass is 534 g/mol. The molecule has 0 heterocycles. The highest BCUT2D eigenvalue weighted by molar-refractivity contribution is 6.04. The molecule has 0 amide bonds. The van der Waals surface area contributed by atoms with Gasteiger partial charge in [-0.1, -0.05) is 169 Å². The molecule has 0 N–H and O–H groups in total. The topological polar surface area (TPSA) is 0 Å². The van der Waals surface area contributed by atoms with E-state index >= 15 is 0 Å². The summed E-state index contributed by atoms with van der Waals surface area (Å²) in [6, 6.07) is 60.4. The molecule has 1 aliphatic rings. The molecule has 42 heavy (non-hydrogen) atoms. The summed E-state index contributed by atoms with van der Waals surface area (Å²) in [6.07, 6.45) is 0. The largest absolute Gasteiger partial charge is 0.0713 e. The van der Waals surface area contributed by atoms with Crippen LogP contribution in [0.2, 0.25) is 0 Å². The zero-order valence-electron chi connectivity index (χ0n) is 23.6. The van der Waals surface area contributed by atoms with Crippen LogP contribution in [0.3, 0.4) is 0 Å². The van der Waals surface area contributed by atoms with Gasteiger partial charge in [0.05, 0.1) is 5.41 Å². The van der Waals surface area contributed by atoms with Crippen LogP contribution in [0.25, 0.3) is 44.2 Å². The zero-order valence-corrected chi connectivity index (χ0v) is 23.6. The quantitative estimate of drug-likeness (QED) is 0.211. The first-order valence-electron chi connectivity index (χ1n) is 14.7. The lowest BCUT2D eigenvalue weighted by Gasteiger charge is -2.34. The molecule has 0 saturated heterocycles. The molecular formula is C42H30. The average Bonchev–Trinajstić information content (AvgIpc) is 3.36. The Hall–Kier alpha value is -5.20. The van der Waals surface area contributed by atoms with Gasteiger partial charge in [0.2, 0.25) is 0 Å². The first-order valence-corrected chi connectivity index (χ1v) is 14.7. The van der Waals surface area contributed by atoms with Gasteiger partial charge in [-0.2, -0.15) is 0 Å². The molecule has 7 aromatic carbocycles. The molecule has 0 unspecified atom stereocenters. The van der Waals surface area contributed by atoms with Gasteiger partial charge in [-0.05, 0) is 73.3 Å². The fourth-order valence-corrected chi connectivity index (χ4v) is 7.08. The molecule has 0 atom stereocenters. The number of hydrogen-bond donors (Lipinski definition) is 0. The van der Waals surface area contributed by atoms with E-state index in [2.05, 4.69) is 171 Å². The van der Waals surface area contributed by atoms with Crippen molar-refractivity contribution in [1.29, 1.82) is 0 Å². The van der Waals surface area contributed by atoms with Crippen LogP contribution in [0, 0.1) is 6.92 Å². The van der Waals surface area contributed by atoms with Crippen LogP contribution in [-0.2, 0) is 5.41 Å². The highest BCUT2D eigenvalue weighted by Gasteiger charge is 2.46. The van der Waals surface area contributed by atoms with Crippen LogP contribution < -0.4 is 0 Å². The second kappa shape index (κ2) is 9.72. The Kier molecular flexibility index (Phi) is 5.69. The first kappa shape index (κ1) is 24.6. The van der Waals surface area contributed by atoms with Gasteiger partial charge in [0.15, 0.2) is 0 Å². The lowest BCUT2D eigenvalue weighted by atomic mass is 9.67. The number of aryl methyl sites for hydroxylation is 1. The number of fused-ring (bicyclic) bond motifs is 5. The van der Waals surface area contributed by atoms with E-state index in [9.17, 15) is 0 Å². The van der Waals surface area contributed by atoms with Gasteiger partial charge in [0.25, 0.3) is 0 Å². The molecule has 0 aromatic heterocycles. The first-order chi connectivity index (χ1) is 20.7. The lowest BCUT2D eigenvalue weighted by molar-refractivity contribution is 0.768. The maximum absolute atomic E-state index is 2.42. The van der Waals surface area contributed by atoms with Gasteiger partial charge in [0, 0.05) is 0 Å². The summed E-state index contributed by atoms with van der Waals surface area (Å²) in [5.41, 5.74) is 13.7. The normalized spacial score (nSPS) is 13.1. The average molecular weight is 535 g/mol. The maximum Gasteiger partial charge on any atom is 0.0713 e. The summed E-state index contributed by atoms with van der Waals surface area (Å²) in [5.74, 6) is 0. The second-order valence-electron chi connectivity index (χ2n) is 11.4. The van der Waals surface area contributed by atoms with Gasteiger partial charge in [-0.15, -0.1) is 0 Å². The summed E-state index contributed by atoms with van der Waals surface area (Å²) in [4.78, 5) is 0. The maximum atomic E-state index is 2.42. The molecule has 1 aliphatic carbocycles. The van der Waals surface area contributed by atoms with Crippen LogP contribution in [-0.4, -0.2) is 0 Å². The van der Waals surface area contributed by atoms with Crippen molar-refractivity contribution in [3.63, 3.8) is 0 Å². The van der Waals surface area contributed by atoms with E-state index in [4.69, 9.17) is 0 Å². The van der Waals surface area contributed by atoms with Crippen molar-refractivity contribution >= 4 is 10.8 Å². The minimum Gasteiger partial charge on any atom is -0.0622 e. The van der Waals surface area contributed by atoms with Crippen molar-refractivity contribution < 1.29 is 0 Å². The minimum atomic E-state index is -0.439. The SMILES string of the molecule is Cc1ccc2c(c1)C(c1ccc(-c3ccccc3)cc1)(c1ccc(-c3ccccc3)cc1)c1ccc3ccccc3c1-2. The van der Waals surface area contributed by atoms with Gasteiger partial charge >= 0.3 is 0 Å². The molecule has 0 spiro atoms. The zero-order chi connectivity index (χ0) is 28.1. The van der Waals surface area contributed by atoms with E-state index < -0.39 is 5.41 Å². The van der Waals surface area contributed by atoms with Crippen molar-refractivity contribution in [2.75, 3.05) is 0 Å². The second-order valence-corrected chi connectivity index (χ2v) is 11.4. The van der Waals surface area contributed by atoms with E-state index in [1.54, 1.807) is 0 Å². The molecule has 0 fully saturated rings. The highest BCUT2D eigenvalue weighted by Crippen LogP contribution is 2.58. The molecule has 0 aliphatic heterocycles. The third-order valence-electron chi connectivity index (χ3n) is 9.03. The Labute approximate surface area is 247 Å². The Morgan fingerprint density at radius 2 is 0.929 bits per heavy atom. The van der Waals surface area contributed by atoms with Gasteiger partial charge in [0.1, 0.15) is 0 Å². The molecule has 198 valence electrons. The Morgan fingerprint density at radius 1 is 0.405 bits per heavy atom. The third-order valence-corrected chi connectivity index (χ3v) is 9.03. The molecule has 0 radical (unpaired) electrons. The lowest BCUT2D eigenvalue weighted by Crippen LogP contribution is -2.28. The van der Waals surface area contributed by atoms with Crippen molar-refractivity contribution in [1.82, 2.24) is 0 Å². The molecule has 7 aromatic rings. The fraction of sp³-hybridized carbons (Fsp3) is 0.0476. The Morgan fingerprint density at radius 3 is 1.52 bits per heavy atom.